The minimum atomic E-state index is -2.72. The number of fused-ring (bicyclic) bond motifs is 4. The Morgan fingerprint density at radius 3 is 2.40 bits per heavy atom. The summed E-state index contributed by atoms with van der Waals surface area (Å²) in [5.74, 6) is -5.96. The van der Waals surface area contributed by atoms with Gasteiger partial charge in [0, 0.05) is 44.1 Å². The second-order valence-corrected chi connectivity index (χ2v) is 13.0. The molecule has 6 rings (SSSR count). The highest BCUT2D eigenvalue weighted by Crippen LogP contribution is 2.54. The number of anilines is 1. The summed E-state index contributed by atoms with van der Waals surface area (Å²) in [6.07, 6.45) is 0.499. The average molecular weight is 648 g/mol. The molecule has 13 heteroatoms. The van der Waals surface area contributed by atoms with Gasteiger partial charge in [0.2, 0.25) is 12.6 Å². The summed E-state index contributed by atoms with van der Waals surface area (Å²) in [4.78, 5) is 56.0. The Balaban J connectivity index is 1.37. The van der Waals surface area contributed by atoms with E-state index in [1.165, 1.54) is 4.90 Å². The van der Waals surface area contributed by atoms with Gasteiger partial charge in [0.1, 0.15) is 28.6 Å². The minimum absolute atomic E-state index is 0.00446. The Hall–Kier alpha value is -4.88. The number of hydrogen-bond acceptors (Lipinski definition) is 12. The highest BCUT2D eigenvalue weighted by molar-refractivity contribution is 6.24. The summed E-state index contributed by atoms with van der Waals surface area (Å²) in [6.45, 7) is 0.121. The number of aliphatic hydroxyl groups excluding tert-OH is 2. The van der Waals surface area contributed by atoms with Crippen molar-refractivity contribution < 1.29 is 49.1 Å². The smallest absolute Gasteiger partial charge is 0.255 e. The van der Waals surface area contributed by atoms with E-state index in [0.717, 1.165) is 5.56 Å². The fourth-order valence-electron chi connectivity index (χ4n) is 7.58. The van der Waals surface area contributed by atoms with Crippen molar-refractivity contribution in [3.8, 4) is 17.2 Å². The molecule has 1 saturated carbocycles. The van der Waals surface area contributed by atoms with Crippen LogP contribution < -0.4 is 20.1 Å². The van der Waals surface area contributed by atoms with Crippen LogP contribution in [0.5, 0.6) is 17.2 Å². The van der Waals surface area contributed by atoms with Gasteiger partial charge in [-0.3, -0.25) is 24.1 Å². The summed E-state index contributed by atoms with van der Waals surface area (Å²) in [6, 6.07) is 5.88. The first-order valence-corrected chi connectivity index (χ1v) is 15.3. The zero-order chi connectivity index (χ0) is 34.1. The molecule has 4 aliphatic rings. The largest absolute Gasteiger partial charge is 0.508 e. The molecule has 1 aliphatic heterocycles. The SMILES string of the molecule is CN(C)c1cc(CCC(=O)Cc2ccc3c(c2)OCO3)c(O)c2c1C[C@@H]1C[C@@H]3[C@@H](N(C)C)C(=O)C(C(N)=O)=C(O)[C@]3(O)C(=O)C1=C2O. The van der Waals surface area contributed by atoms with Gasteiger partial charge in [0.25, 0.3) is 5.91 Å². The van der Waals surface area contributed by atoms with Crippen LogP contribution in [0.15, 0.2) is 41.2 Å². The van der Waals surface area contributed by atoms with E-state index in [2.05, 4.69) is 0 Å². The van der Waals surface area contributed by atoms with Crippen molar-refractivity contribution in [1.29, 1.82) is 0 Å². The number of primary amides is 1. The highest BCUT2D eigenvalue weighted by atomic mass is 16.7. The van der Waals surface area contributed by atoms with Gasteiger partial charge < -0.3 is 40.5 Å². The molecule has 47 heavy (non-hydrogen) atoms. The maximum absolute atomic E-state index is 14.2. The fraction of sp³-hybridized carbons (Fsp3) is 0.412. The summed E-state index contributed by atoms with van der Waals surface area (Å²) in [7, 11) is 6.69. The van der Waals surface area contributed by atoms with Crippen LogP contribution in [0.4, 0.5) is 5.69 Å². The van der Waals surface area contributed by atoms with Crippen molar-refractivity contribution in [2.24, 2.45) is 17.6 Å². The number of phenolic OH excluding ortho intramolecular Hbond substituents is 1. The number of rotatable bonds is 8. The molecule has 0 bridgehead atoms. The molecule has 3 aliphatic carbocycles. The number of ketones is 3. The zero-order valence-electron chi connectivity index (χ0n) is 26.5. The van der Waals surface area contributed by atoms with Gasteiger partial charge in [-0.25, -0.2) is 0 Å². The van der Waals surface area contributed by atoms with Crippen molar-refractivity contribution in [1.82, 2.24) is 4.90 Å². The molecule has 0 aromatic heterocycles. The van der Waals surface area contributed by atoms with Crippen LogP contribution in [-0.2, 0) is 38.4 Å². The number of hydrogen-bond donors (Lipinski definition) is 5. The van der Waals surface area contributed by atoms with Crippen LogP contribution >= 0.6 is 0 Å². The number of aryl methyl sites for hydroxylation is 1. The van der Waals surface area contributed by atoms with Crippen molar-refractivity contribution in [2.75, 3.05) is 39.9 Å². The molecule has 248 valence electrons. The number of nitrogens with zero attached hydrogens (tertiary/aromatic N) is 2. The Morgan fingerprint density at radius 1 is 1.04 bits per heavy atom. The monoisotopic (exact) mass is 647 g/mol. The van der Waals surface area contributed by atoms with Gasteiger partial charge in [-0.05, 0) is 74.2 Å². The first-order chi connectivity index (χ1) is 22.2. The number of carbonyl (C=O) groups is 4. The van der Waals surface area contributed by atoms with Crippen LogP contribution in [0, 0.1) is 11.8 Å². The highest BCUT2D eigenvalue weighted by Gasteiger charge is 2.64. The summed E-state index contributed by atoms with van der Waals surface area (Å²) in [5, 5.41) is 46.1. The Bertz CT molecular complexity index is 1810. The van der Waals surface area contributed by atoms with Crippen molar-refractivity contribution >= 4 is 34.7 Å². The second-order valence-electron chi connectivity index (χ2n) is 13.0. The van der Waals surface area contributed by atoms with E-state index in [4.69, 9.17) is 15.2 Å². The van der Waals surface area contributed by atoms with Gasteiger partial charge >= 0.3 is 0 Å². The molecule has 0 radical (unpaired) electrons. The number of phenols is 1. The van der Waals surface area contributed by atoms with E-state index < -0.39 is 58.0 Å². The quantitative estimate of drug-likeness (QED) is 0.259. The predicted molar refractivity (Wildman–Crippen MR) is 168 cm³/mol. The standard InChI is InChI=1S/C34H37N3O10/c1-36(2)21-13-16(6-7-18(38)9-15-5-8-22-23(10-15)47-14-46-22)28(39)25-19(21)11-17-12-20-27(37(3)4)30(41)26(33(35)44)32(43)34(20,45)31(42)24(17)29(25)40/h5,8,10,13,17,20,27,39-40,43,45H,6-7,9,11-12,14H2,1-4H3,(H2,35,44)/t17-,20-,27-,34-/m1/s1. The molecule has 0 spiro atoms. The number of carbonyl (C=O) groups excluding carboxylic acids is 4. The lowest BCUT2D eigenvalue weighted by Gasteiger charge is -2.50. The number of aliphatic hydroxyl groups is 3. The van der Waals surface area contributed by atoms with Crippen molar-refractivity contribution in [2.45, 2.75) is 43.7 Å². The summed E-state index contributed by atoms with van der Waals surface area (Å²) in [5.41, 5.74) is 3.90. The van der Waals surface area contributed by atoms with Crippen LogP contribution in [0.25, 0.3) is 5.76 Å². The van der Waals surface area contributed by atoms with E-state index in [-0.39, 0.29) is 61.6 Å². The first kappa shape index (κ1) is 32.1. The lowest BCUT2D eigenvalue weighted by Crippen LogP contribution is -2.65. The Labute approximate surface area is 270 Å². The molecule has 2 aromatic carbocycles. The zero-order valence-corrected chi connectivity index (χ0v) is 26.5. The number of aromatic hydroxyl groups is 1. The topological polar surface area (TPSA) is 200 Å². The lowest BCUT2D eigenvalue weighted by atomic mass is 9.57. The second kappa shape index (κ2) is 11.4. The maximum atomic E-state index is 14.2. The number of nitrogens with two attached hydrogens (primary N) is 1. The van der Waals surface area contributed by atoms with Crippen molar-refractivity contribution in [3.63, 3.8) is 0 Å². The van der Waals surface area contributed by atoms with Crippen LogP contribution in [-0.4, -0.2) is 95.2 Å². The van der Waals surface area contributed by atoms with Gasteiger partial charge in [-0.15, -0.1) is 0 Å². The molecular weight excluding hydrogens is 610 g/mol. The van der Waals surface area contributed by atoms with Crippen LogP contribution in [0.3, 0.4) is 0 Å². The van der Waals surface area contributed by atoms with Gasteiger partial charge in [-0.1, -0.05) is 6.07 Å². The van der Waals surface area contributed by atoms with E-state index >= 15 is 0 Å². The molecule has 1 fully saturated rings. The average Bonchev–Trinajstić information content (AvgIpc) is 3.46. The van der Waals surface area contributed by atoms with E-state index in [0.29, 0.717) is 28.3 Å². The van der Waals surface area contributed by atoms with Crippen LogP contribution in [0.2, 0.25) is 0 Å². The van der Waals surface area contributed by atoms with E-state index in [1.54, 1.807) is 57.4 Å². The van der Waals surface area contributed by atoms with Gasteiger partial charge in [0.05, 0.1) is 11.6 Å². The van der Waals surface area contributed by atoms with Crippen LogP contribution in [0.1, 0.15) is 35.1 Å². The molecule has 13 nitrogen and oxygen atoms in total. The third-order valence-corrected chi connectivity index (χ3v) is 9.77. The van der Waals surface area contributed by atoms with Gasteiger partial charge in [0.15, 0.2) is 22.9 Å². The number of benzene rings is 2. The Morgan fingerprint density at radius 2 is 1.74 bits per heavy atom. The molecule has 0 saturated heterocycles. The molecule has 2 aromatic rings. The molecule has 0 unspecified atom stereocenters. The third kappa shape index (κ3) is 4.92. The van der Waals surface area contributed by atoms with E-state index in [1.807, 2.05) is 0 Å². The maximum Gasteiger partial charge on any atom is 0.255 e. The molecule has 1 amide bonds. The molecule has 1 heterocycles. The number of amides is 1. The molecule has 4 atom stereocenters. The molecular formula is C34H37N3O10. The minimum Gasteiger partial charge on any atom is -0.508 e. The first-order valence-electron chi connectivity index (χ1n) is 15.3. The predicted octanol–water partition coefficient (Wildman–Crippen LogP) is 1.50. The van der Waals surface area contributed by atoms with E-state index in [9.17, 15) is 39.6 Å². The number of Topliss-reactive ketones (excluding diaryl/α,β-unsaturated/α-hetero) is 3. The summed E-state index contributed by atoms with van der Waals surface area (Å²) < 4.78 is 10.7. The molecule has 6 N–H and O–H groups in total. The van der Waals surface area contributed by atoms with Crippen molar-refractivity contribution in [3.05, 3.63) is 63.4 Å². The normalized spacial score (nSPS) is 24.7. The number of likely N-dealkylation sites (N-methyl/N-ethyl adjacent to an activating group) is 1. The fourth-order valence-corrected chi connectivity index (χ4v) is 7.58. The third-order valence-electron chi connectivity index (χ3n) is 9.77. The number of ether oxygens (including phenoxy) is 2. The lowest BCUT2D eigenvalue weighted by molar-refractivity contribution is -0.153. The van der Waals surface area contributed by atoms with Gasteiger partial charge in [-0.2, -0.15) is 0 Å². The Kier molecular flexibility index (Phi) is 7.80. The summed E-state index contributed by atoms with van der Waals surface area (Å²) >= 11 is 0.